The van der Waals surface area contributed by atoms with Gasteiger partial charge in [0.1, 0.15) is 0 Å². The van der Waals surface area contributed by atoms with Crippen LogP contribution >= 0.6 is 50.5 Å². The maximum atomic E-state index is 10.6. The second-order valence-corrected chi connectivity index (χ2v) is 7.40. The van der Waals surface area contributed by atoms with Gasteiger partial charge in [0.2, 0.25) is 0 Å². The van der Waals surface area contributed by atoms with Crippen molar-refractivity contribution >= 4 is 50.5 Å². The molecule has 18 heavy (non-hydrogen) atoms. The van der Waals surface area contributed by atoms with Crippen molar-refractivity contribution in [1.29, 1.82) is 0 Å². The van der Waals surface area contributed by atoms with Gasteiger partial charge in [-0.3, -0.25) is 0 Å². The Morgan fingerprint density at radius 3 is 2.56 bits per heavy atom. The van der Waals surface area contributed by atoms with Crippen LogP contribution in [0.4, 0.5) is 0 Å². The van der Waals surface area contributed by atoms with Crippen molar-refractivity contribution in [2.24, 2.45) is 0 Å². The number of thiophene rings is 1. The molecule has 1 aromatic heterocycles. The van der Waals surface area contributed by atoms with Gasteiger partial charge >= 0.3 is 0 Å². The van der Waals surface area contributed by atoms with Crippen molar-refractivity contribution in [3.63, 3.8) is 0 Å². The summed E-state index contributed by atoms with van der Waals surface area (Å²) in [7, 11) is 0. The van der Waals surface area contributed by atoms with Crippen LogP contribution in [0.3, 0.4) is 0 Å². The number of benzene rings is 1. The van der Waals surface area contributed by atoms with Crippen LogP contribution in [0.2, 0.25) is 9.36 Å². The molecule has 1 unspecified atom stereocenters. The predicted octanol–water partition coefficient (Wildman–Crippen LogP) is 5.27. The maximum absolute atomic E-state index is 10.6. The molecule has 2 aromatic rings. The van der Waals surface area contributed by atoms with Crippen LogP contribution in [0.5, 0.6) is 0 Å². The summed E-state index contributed by atoms with van der Waals surface area (Å²) in [4.78, 5) is 1.03. The Balaban J connectivity index is 2.29. The average molecular weight is 366 g/mol. The van der Waals surface area contributed by atoms with Crippen LogP contribution < -0.4 is 0 Å². The number of aliphatic hydroxyl groups is 1. The van der Waals surface area contributed by atoms with Gasteiger partial charge in [0.15, 0.2) is 0 Å². The molecule has 0 saturated carbocycles. The van der Waals surface area contributed by atoms with E-state index in [1.54, 1.807) is 13.0 Å². The molecule has 0 aliphatic heterocycles. The lowest BCUT2D eigenvalue weighted by atomic mass is 9.92. The lowest BCUT2D eigenvalue weighted by Crippen LogP contribution is -2.24. The summed E-state index contributed by atoms with van der Waals surface area (Å²) < 4.78 is 1.62. The van der Waals surface area contributed by atoms with E-state index in [9.17, 15) is 5.11 Å². The Kier molecular flexibility index (Phi) is 4.40. The summed E-state index contributed by atoms with van der Waals surface area (Å²) in [6, 6.07) is 9.25. The molecular weight excluding hydrogens is 355 g/mol. The molecule has 0 aliphatic rings. The van der Waals surface area contributed by atoms with Crippen molar-refractivity contribution in [2.45, 2.75) is 18.9 Å². The molecule has 0 amide bonds. The van der Waals surface area contributed by atoms with E-state index in [0.29, 0.717) is 11.4 Å². The highest BCUT2D eigenvalue weighted by Gasteiger charge is 2.26. The lowest BCUT2D eigenvalue weighted by molar-refractivity contribution is 0.0586. The molecule has 0 fully saturated rings. The van der Waals surface area contributed by atoms with Gasteiger partial charge in [0.05, 0.1) is 9.94 Å². The van der Waals surface area contributed by atoms with E-state index in [0.717, 1.165) is 19.2 Å². The van der Waals surface area contributed by atoms with Crippen molar-refractivity contribution in [3.05, 3.63) is 54.6 Å². The molecule has 1 aromatic carbocycles. The van der Waals surface area contributed by atoms with E-state index in [4.69, 9.17) is 23.2 Å². The van der Waals surface area contributed by atoms with Gasteiger partial charge in [-0.05, 0) is 31.2 Å². The predicted molar refractivity (Wildman–Crippen MR) is 81.8 cm³/mol. The van der Waals surface area contributed by atoms with Crippen LogP contribution in [0.15, 0.2) is 34.8 Å². The minimum Gasteiger partial charge on any atom is -0.385 e. The van der Waals surface area contributed by atoms with Gasteiger partial charge < -0.3 is 5.11 Å². The van der Waals surface area contributed by atoms with Crippen LogP contribution in [-0.4, -0.2) is 5.11 Å². The Bertz CT molecular complexity index is 566. The fourth-order valence-corrected chi connectivity index (χ4v) is 3.92. The third-order valence-electron chi connectivity index (χ3n) is 2.66. The zero-order valence-corrected chi connectivity index (χ0v) is 13.5. The Morgan fingerprint density at radius 1 is 1.28 bits per heavy atom. The van der Waals surface area contributed by atoms with Gasteiger partial charge in [0.25, 0.3) is 0 Å². The third-order valence-corrected chi connectivity index (χ3v) is 4.70. The van der Waals surface area contributed by atoms with Crippen LogP contribution in [0.25, 0.3) is 0 Å². The van der Waals surface area contributed by atoms with Crippen LogP contribution in [0, 0.1) is 0 Å². The van der Waals surface area contributed by atoms with Gasteiger partial charge in [-0.25, -0.2) is 0 Å². The summed E-state index contributed by atoms with van der Waals surface area (Å²) in [6.45, 7) is 1.76. The van der Waals surface area contributed by atoms with E-state index in [-0.39, 0.29) is 0 Å². The summed E-state index contributed by atoms with van der Waals surface area (Å²) in [5, 5.41) is 11.1. The van der Waals surface area contributed by atoms with Crippen molar-refractivity contribution in [2.75, 3.05) is 0 Å². The number of halogens is 3. The Morgan fingerprint density at radius 2 is 2.00 bits per heavy atom. The van der Waals surface area contributed by atoms with Crippen molar-refractivity contribution in [1.82, 2.24) is 0 Å². The molecule has 0 saturated heterocycles. The summed E-state index contributed by atoms with van der Waals surface area (Å²) in [5.74, 6) is 0. The normalized spacial score (nSPS) is 14.5. The van der Waals surface area contributed by atoms with Crippen molar-refractivity contribution in [3.8, 4) is 0 Å². The first kappa shape index (κ1) is 14.4. The highest BCUT2D eigenvalue weighted by atomic mass is 79.9. The Hall–Kier alpha value is -0.0600. The van der Waals surface area contributed by atoms with E-state index in [1.165, 1.54) is 11.3 Å². The molecule has 1 atom stereocenters. The molecule has 0 bridgehead atoms. The molecule has 1 N–H and O–H groups in total. The number of hydrogen-bond donors (Lipinski definition) is 1. The second-order valence-electron chi connectivity index (χ2n) is 4.28. The molecule has 0 aliphatic carbocycles. The standard InChI is InChI=1S/C13H11BrCl2OS/c1-13(17,7-9-3-5-12(16)18-9)10-4-2-8(14)6-11(10)15/h2-6,17H,7H2,1H3. The maximum Gasteiger partial charge on any atom is 0.0931 e. The molecule has 1 nitrogen and oxygen atoms in total. The minimum absolute atomic E-state index is 0.492. The molecule has 1 heterocycles. The van der Waals surface area contributed by atoms with Crippen LogP contribution in [0.1, 0.15) is 17.4 Å². The highest BCUT2D eigenvalue weighted by Crippen LogP contribution is 2.35. The third kappa shape index (κ3) is 3.28. The fraction of sp³-hybridized carbons (Fsp3) is 0.231. The van der Waals surface area contributed by atoms with Gasteiger partial charge in [-0.2, -0.15) is 0 Å². The summed E-state index contributed by atoms with van der Waals surface area (Å²) >= 11 is 16.9. The number of rotatable bonds is 3. The Labute approximate surface area is 128 Å². The lowest BCUT2D eigenvalue weighted by Gasteiger charge is -2.24. The average Bonchev–Trinajstić information content (AvgIpc) is 2.62. The van der Waals surface area contributed by atoms with E-state index in [1.807, 2.05) is 24.3 Å². The first-order valence-corrected chi connectivity index (χ1v) is 7.67. The van der Waals surface area contributed by atoms with E-state index < -0.39 is 5.60 Å². The smallest absolute Gasteiger partial charge is 0.0931 e. The minimum atomic E-state index is -1.01. The highest BCUT2D eigenvalue weighted by molar-refractivity contribution is 9.10. The van der Waals surface area contributed by atoms with Gasteiger partial charge in [-0.15, -0.1) is 11.3 Å². The number of hydrogen-bond acceptors (Lipinski definition) is 2. The van der Waals surface area contributed by atoms with Crippen molar-refractivity contribution < 1.29 is 5.11 Å². The first-order chi connectivity index (χ1) is 8.38. The monoisotopic (exact) mass is 364 g/mol. The SMILES string of the molecule is CC(O)(Cc1ccc(Cl)s1)c1ccc(Br)cc1Cl. The molecule has 0 radical (unpaired) electrons. The summed E-state index contributed by atoms with van der Waals surface area (Å²) in [5.41, 5.74) is -0.289. The van der Waals surface area contributed by atoms with Gasteiger partial charge in [0, 0.05) is 26.4 Å². The first-order valence-electron chi connectivity index (χ1n) is 5.30. The molecular formula is C13H11BrCl2OS. The zero-order chi connectivity index (χ0) is 13.3. The molecule has 96 valence electrons. The largest absolute Gasteiger partial charge is 0.385 e. The quantitative estimate of drug-likeness (QED) is 0.785. The van der Waals surface area contributed by atoms with Gasteiger partial charge in [-0.1, -0.05) is 45.2 Å². The molecule has 0 spiro atoms. The van der Waals surface area contributed by atoms with E-state index in [2.05, 4.69) is 15.9 Å². The molecule has 5 heteroatoms. The van der Waals surface area contributed by atoms with E-state index >= 15 is 0 Å². The topological polar surface area (TPSA) is 20.2 Å². The second kappa shape index (κ2) is 5.51. The van der Waals surface area contributed by atoms with Crippen LogP contribution in [-0.2, 0) is 12.0 Å². The summed E-state index contributed by atoms with van der Waals surface area (Å²) in [6.07, 6.45) is 0.492. The molecule has 2 rings (SSSR count). The fourth-order valence-electron chi connectivity index (χ4n) is 1.81. The zero-order valence-electron chi connectivity index (χ0n) is 9.58.